The number of anilines is 1. The first-order chi connectivity index (χ1) is 12.6. The highest BCUT2D eigenvalue weighted by Gasteiger charge is 2.34. The third-order valence-electron chi connectivity index (χ3n) is 6.30. The lowest BCUT2D eigenvalue weighted by Crippen LogP contribution is -2.49. The standard InChI is InChI=1S/C21H29N3O2/c1-16-8-15-24(19-7-3-2-6-18(16)19)20(25)17-9-13-23(14-10-17)21(26)22-11-4-5-12-22/h2-3,6-7,16-17H,4-5,8-15H2,1H3. The summed E-state index contributed by atoms with van der Waals surface area (Å²) in [5, 5.41) is 0. The zero-order chi connectivity index (χ0) is 18.1. The third kappa shape index (κ3) is 3.19. The Morgan fingerprint density at radius 3 is 2.27 bits per heavy atom. The average Bonchev–Trinajstić information content (AvgIpc) is 3.22. The molecule has 4 rings (SSSR count). The van der Waals surface area contributed by atoms with Crippen molar-refractivity contribution in [2.24, 2.45) is 5.92 Å². The van der Waals surface area contributed by atoms with E-state index in [2.05, 4.69) is 25.1 Å². The van der Waals surface area contributed by atoms with E-state index in [1.807, 2.05) is 20.8 Å². The second kappa shape index (κ2) is 7.29. The number of rotatable bonds is 1. The Balaban J connectivity index is 1.40. The van der Waals surface area contributed by atoms with Gasteiger partial charge in [-0.3, -0.25) is 4.79 Å². The molecular formula is C21H29N3O2. The minimum absolute atomic E-state index is 0.0408. The van der Waals surface area contributed by atoms with E-state index >= 15 is 0 Å². The predicted molar refractivity (Wildman–Crippen MR) is 102 cm³/mol. The molecule has 0 aliphatic carbocycles. The Morgan fingerprint density at radius 2 is 1.54 bits per heavy atom. The van der Waals surface area contributed by atoms with Gasteiger partial charge in [0.1, 0.15) is 0 Å². The van der Waals surface area contributed by atoms with Crippen molar-refractivity contribution >= 4 is 17.6 Å². The van der Waals surface area contributed by atoms with Gasteiger partial charge in [-0.2, -0.15) is 0 Å². The van der Waals surface area contributed by atoms with Crippen LogP contribution in [0.15, 0.2) is 24.3 Å². The van der Waals surface area contributed by atoms with Gasteiger partial charge < -0.3 is 14.7 Å². The molecule has 3 amide bonds. The lowest BCUT2D eigenvalue weighted by atomic mass is 9.89. The molecule has 1 atom stereocenters. The summed E-state index contributed by atoms with van der Waals surface area (Å²) in [5.41, 5.74) is 2.38. The van der Waals surface area contributed by atoms with Gasteiger partial charge in [-0.25, -0.2) is 4.79 Å². The molecule has 1 aromatic carbocycles. The minimum atomic E-state index is 0.0408. The molecule has 0 radical (unpaired) electrons. The first-order valence-corrected chi connectivity index (χ1v) is 10.1. The second-order valence-corrected chi connectivity index (χ2v) is 7.98. The number of benzene rings is 1. The number of nitrogens with zero attached hydrogens (tertiary/aromatic N) is 3. The molecule has 3 heterocycles. The molecular weight excluding hydrogens is 326 g/mol. The van der Waals surface area contributed by atoms with Gasteiger partial charge >= 0.3 is 6.03 Å². The van der Waals surface area contributed by atoms with Gasteiger partial charge in [0.2, 0.25) is 5.91 Å². The molecule has 0 aromatic heterocycles. The van der Waals surface area contributed by atoms with E-state index in [0.717, 1.165) is 57.4 Å². The van der Waals surface area contributed by atoms with Crippen molar-refractivity contribution in [3.05, 3.63) is 29.8 Å². The van der Waals surface area contributed by atoms with E-state index < -0.39 is 0 Å². The highest BCUT2D eigenvalue weighted by molar-refractivity contribution is 5.96. The van der Waals surface area contributed by atoms with E-state index in [0.29, 0.717) is 19.0 Å². The zero-order valence-corrected chi connectivity index (χ0v) is 15.7. The van der Waals surface area contributed by atoms with Crippen LogP contribution in [0.2, 0.25) is 0 Å². The first kappa shape index (κ1) is 17.4. The molecule has 140 valence electrons. The Kier molecular flexibility index (Phi) is 4.88. The summed E-state index contributed by atoms with van der Waals surface area (Å²) in [6.07, 6.45) is 4.83. The molecule has 3 aliphatic rings. The predicted octanol–water partition coefficient (Wildman–Crippen LogP) is 3.45. The number of para-hydroxylation sites is 1. The number of carbonyl (C=O) groups excluding carboxylic acids is 2. The molecule has 5 heteroatoms. The molecule has 1 aromatic rings. The maximum absolute atomic E-state index is 13.2. The molecule has 0 spiro atoms. The van der Waals surface area contributed by atoms with Crippen LogP contribution in [0.25, 0.3) is 0 Å². The van der Waals surface area contributed by atoms with Crippen LogP contribution in [0, 0.1) is 5.92 Å². The van der Waals surface area contributed by atoms with Gasteiger partial charge in [0, 0.05) is 44.3 Å². The second-order valence-electron chi connectivity index (χ2n) is 7.98. The normalized spacial score (nSPS) is 23.9. The van der Waals surface area contributed by atoms with Crippen LogP contribution in [0.3, 0.4) is 0 Å². The summed E-state index contributed by atoms with van der Waals surface area (Å²) < 4.78 is 0. The van der Waals surface area contributed by atoms with Gasteiger partial charge in [-0.15, -0.1) is 0 Å². The minimum Gasteiger partial charge on any atom is -0.325 e. The number of carbonyl (C=O) groups is 2. The number of piperidine rings is 1. The molecule has 26 heavy (non-hydrogen) atoms. The van der Waals surface area contributed by atoms with Crippen molar-refractivity contribution in [2.75, 3.05) is 37.6 Å². The summed E-state index contributed by atoms with van der Waals surface area (Å²) in [6.45, 7) is 6.24. The van der Waals surface area contributed by atoms with Gasteiger partial charge in [0.15, 0.2) is 0 Å². The molecule has 0 saturated carbocycles. The highest BCUT2D eigenvalue weighted by Crippen LogP contribution is 2.36. The van der Waals surface area contributed by atoms with Crippen LogP contribution >= 0.6 is 0 Å². The largest absolute Gasteiger partial charge is 0.325 e. The van der Waals surface area contributed by atoms with Crippen molar-refractivity contribution in [1.29, 1.82) is 0 Å². The van der Waals surface area contributed by atoms with E-state index in [-0.39, 0.29) is 17.9 Å². The first-order valence-electron chi connectivity index (χ1n) is 10.1. The molecule has 0 bridgehead atoms. The number of hydrogen-bond donors (Lipinski definition) is 0. The topological polar surface area (TPSA) is 43.9 Å². The maximum Gasteiger partial charge on any atom is 0.319 e. The Bertz CT molecular complexity index is 676. The smallest absolute Gasteiger partial charge is 0.319 e. The quantitative estimate of drug-likeness (QED) is 0.774. The Morgan fingerprint density at radius 1 is 0.885 bits per heavy atom. The van der Waals surface area contributed by atoms with E-state index in [9.17, 15) is 9.59 Å². The number of urea groups is 1. The Hall–Kier alpha value is -2.04. The summed E-state index contributed by atoms with van der Waals surface area (Å²) >= 11 is 0. The number of likely N-dealkylation sites (tertiary alicyclic amines) is 2. The van der Waals surface area contributed by atoms with Crippen LogP contribution in [-0.4, -0.2) is 54.5 Å². The summed E-state index contributed by atoms with van der Waals surface area (Å²) in [7, 11) is 0. The van der Waals surface area contributed by atoms with Crippen molar-refractivity contribution in [2.45, 2.75) is 44.9 Å². The Labute approximate surface area is 155 Å². The summed E-state index contributed by atoms with van der Waals surface area (Å²) in [5.74, 6) is 0.798. The van der Waals surface area contributed by atoms with Crippen molar-refractivity contribution in [3.8, 4) is 0 Å². The van der Waals surface area contributed by atoms with Crippen LogP contribution < -0.4 is 4.90 Å². The summed E-state index contributed by atoms with van der Waals surface area (Å²) in [4.78, 5) is 31.6. The average molecular weight is 355 g/mol. The fourth-order valence-corrected chi connectivity index (χ4v) is 4.62. The van der Waals surface area contributed by atoms with Crippen LogP contribution in [0.5, 0.6) is 0 Å². The highest BCUT2D eigenvalue weighted by atomic mass is 16.2. The molecule has 1 unspecified atom stereocenters. The van der Waals surface area contributed by atoms with Crippen LogP contribution in [-0.2, 0) is 4.79 Å². The summed E-state index contributed by atoms with van der Waals surface area (Å²) in [6, 6.07) is 8.48. The number of hydrogen-bond acceptors (Lipinski definition) is 2. The van der Waals surface area contributed by atoms with E-state index in [4.69, 9.17) is 0 Å². The van der Waals surface area contributed by atoms with Crippen molar-refractivity contribution in [1.82, 2.24) is 9.80 Å². The fourth-order valence-electron chi connectivity index (χ4n) is 4.62. The van der Waals surface area contributed by atoms with Crippen LogP contribution in [0.4, 0.5) is 10.5 Å². The van der Waals surface area contributed by atoms with Gasteiger partial charge in [0.05, 0.1) is 0 Å². The van der Waals surface area contributed by atoms with Gasteiger partial charge in [-0.1, -0.05) is 25.1 Å². The van der Waals surface area contributed by atoms with Crippen LogP contribution in [0.1, 0.15) is 50.5 Å². The fraction of sp³-hybridized carbons (Fsp3) is 0.619. The lowest BCUT2D eigenvalue weighted by molar-refractivity contribution is -0.123. The maximum atomic E-state index is 13.2. The molecule has 0 N–H and O–H groups in total. The van der Waals surface area contributed by atoms with E-state index in [1.54, 1.807) is 0 Å². The van der Waals surface area contributed by atoms with E-state index in [1.165, 1.54) is 5.56 Å². The van der Waals surface area contributed by atoms with Gasteiger partial charge in [0.25, 0.3) is 0 Å². The molecule has 3 aliphatic heterocycles. The lowest BCUT2D eigenvalue weighted by Gasteiger charge is -2.38. The van der Waals surface area contributed by atoms with Crippen molar-refractivity contribution in [3.63, 3.8) is 0 Å². The third-order valence-corrected chi connectivity index (χ3v) is 6.30. The number of amides is 3. The molecule has 2 saturated heterocycles. The monoisotopic (exact) mass is 355 g/mol. The SMILES string of the molecule is CC1CCN(C(=O)C2CCN(C(=O)N3CCCC3)CC2)c2ccccc21. The van der Waals surface area contributed by atoms with Gasteiger partial charge in [-0.05, 0) is 49.7 Å². The molecule has 5 nitrogen and oxygen atoms in total. The number of fused-ring (bicyclic) bond motifs is 1. The molecule has 2 fully saturated rings. The zero-order valence-electron chi connectivity index (χ0n) is 15.7. The van der Waals surface area contributed by atoms with Crippen molar-refractivity contribution < 1.29 is 9.59 Å².